The molecular formula is C26H34F3NO3. The largest absolute Gasteiger partial charge is 0.416 e. The summed E-state index contributed by atoms with van der Waals surface area (Å²) in [4.78, 5) is 36.3. The molecule has 1 aliphatic carbocycles. The molecule has 2 aliphatic rings. The Morgan fingerprint density at radius 1 is 1.21 bits per heavy atom. The lowest BCUT2D eigenvalue weighted by Crippen LogP contribution is -2.42. The van der Waals surface area contributed by atoms with Crippen LogP contribution in [0.4, 0.5) is 13.2 Å². The molecule has 1 heterocycles. The van der Waals surface area contributed by atoms with Crippen molar-refractivity contribution in [3.05, 3.63) is 35.4 Å². The van der Waals surface area contributed by atoms with Crippen molar-refractivity contribution in [2.45, 2.75) is 70.9 Å². The number of hydrogen-bond acceptors (Lipinski definition) is 4. The molecule has 2 unspecified atom stereocenters. The predicted molar refractivity (Wildman–Crippen MR) is 120 cm³/mol. The number of benzene rings is 1. The number of hydrogen-bond donors (Lipinski definition) is 1. The molecule has 0 aromatic heterocycles. The summed E-state index contributed by atoms with van der Waals surface area (Å²) >= 11 is 0. The first-order chi connectivity index (χ1) is 15.5. The maximum Gasteiger partial charge on any atom is 0.416 e. The number of alkyl halides is 3. The molecular weight excluding hydrogens is 431 g/mol. The SMILES string of the molecule is CC(C)(C1CC(CCCC(=O)C2CCCNC2)C1)C(C(=O)C=O)c1cccc(C(F)(F)F)c1. The monoisotopic (exact) mass is 465 g/mol. The van der Waals surface area contributed by atoms with Gasteiger partial charge >= 0.3 is 6.18 Å². The summed E-state index contributed by atoms with van der Waals surface area (Å²) < 4.78 is 39.6. The van der Waals surface area contributed by atoms with E-state index in [1.807, 2.05) is 13.8 Å². The highest BCUT2D eigenvalue weighted by Crippen LogP contribution is 2.53. The molecule has 2 atom stereocenters. The molecule has 3 rings (SSSR count). The van der Waals surface area contributed by atoms with Crippen molar-refractivity contribution >= 4 is 17.9 Å². The van der Waals surface area contributed by atoms with E-state index in [9.17, 15) is 27.6 Å². The third kappa shape index (κ3) is 6.11. The summed E-state index contributed by atoms with van der Waals surface area (Å²) in [5.74, 6) is -0.559. The number of nitrogens with one attached hydrogen (secondary N) is 1. The molecule has 1 aromatic carbocycles. The molecule has 0 amide bonds. The van der Waals surface area contributed by atoms with Crippen LogP contribution in [0.15, 0.2) is 24.3 Å². The van der Waals surface area contributed by atoms with Gasteiger partial charge in [0.25, 0.3) is 0 Å². The molecule has 0 radical (unpaired) electrons. The van der Waals surface area contributed by atoms with Crippen LogP contribution in [-0.4, -0.2) is 30.9 Å². The minimum absolute atomic E-state index is 0.129. The van der Waals surface area contributed by atoms with E-state index in [0.717, 1.165) is 63.7 Å². The fourth-order valence-electron chi connectivity index (χ4n) is 5.63. The van der Waals surface area contributed by atoms with Gasteiger partial charge in [0.2, 0.25) is 5.78 Å². The summed E-state index contributed by atoms with van der Waals surface area (Å²) in [5.41, 5.74) is -1.23. The summed E-state index contributed by atoms with van der Waals surface area (Å²) in [5, 5.41) is 3.27. The Hall–Kier alpha value is -2.02. The smallest absolute Gasteiger partial charge is 0.316 e. The van der Waals surface area contributed by atoms with Crippen LogP contribution in [0.1, 0.15) is 75.8 Å². The Bertz CT molecular complexity index is 853. The van der Waals surface area contributed by atoms with Gasteiger partial charge in [0, 0.05) is 18.9 Å². The van der Waals surface area contributed by atoms with Crippen LogP contribution in [-0.2, 0) is 20.6 Å². The van der Waals surface area contributed by atoms with E-state index in [1.54, 1.807) is 0 Å². The van der Waals surface area contributed by atoms with Gasteiger partial charge < -0.3 is 5.32 Å². The molecule has 7 heteroatoms. The molecule has 33 heavy (non-hydrogen) atoms. The van der Waals surface area contributed by atoms with E-state index < -0.39 is 28.9 Å². The minimum Gasteiger partial charge on any atom is -0.316 e. The van der Waals surface area contributed by atoms with E-state index in [1.165, 1.54) is 12.1 Å². The Morgan fingerprint density at radius 3 is 2.55 bits per heavy atom. The third-order valence-electron chi connectivity index (χ3n) is 7.77. The van der Waals surface area contributed by atoms with Crippen molar-refractivity contribution in [3.63, 3.8) is 0 Å². The van der Waals surface area contributed by atoms with Crippen molar-refractivity contribution in [2.75, 3.05) is 13.1 Å². The maximum absolute atomic E-state index is 13.2. The Kier molecular flexibility index (Phi) is 8.14. The van der Waals surface area contributed by atoms with E-state index in [0.29, 0.717) is 18.1 Å². The topological polar surface area (TPSA) is 63.2 Å². The average Bonchev–Trinajstić information content (AvgIpc) is 2.75. The Labute approximate surface area is 193 Å². The number of rotatable bonds is 10. The van der Waals surface area contributed by atoms with Gasteiger partial charge in [-0.2, -0.15) is 13.2 Å². The Morgan fingerprint density at radius 2 is 1.94 bits per heavy atom. The lowest BCUT2D eigenvalue weighted by Gasteiger charge is -2.49. The van der Waals surface area contributed by atoms with Crippen LogP contribution in [0.25, 0.3) is 0 Å². The highest BCUT2D eigenvalue weighted by molar-refractivity contribution is 6.27. The molecule has 1 N–H and O–H groups in total. The normalized spacial score (nSPS) is 24.6. The van der Waals surface area contributed by atoms with E-state index >= 15 is 0 Å². The summed E-state index contributed by atoms with van der Waals surface area (Å²) in [7, 11) is 0. The molecule has 0 spiro atoms. The van der Waals surface area contributed by atoms with Gasteiger partial charge in [-0.1, -0.05) is 38.5 Å². The van der Waals surface area contributed by atoms with Crippen LogP contribution in [0, 0.1) is 23.2 Å². The summed E-state index contributed by atoms with van der Waals surface area (Å²) in [6, 6.07) is 4.77. The van der Waals surface area contributed by atoms with Crippen LogP contribution in [0.3, 0.4) is 0 Å². The molecule has 2 fully saturated rings. The lowest BCUT2D eigenvalue weighted by molar-refractivity contribution is -0.138. The summed E-state index contributed by atoms with van der Waals surface area (Å²) in [6.45, 7) is 5.51. The number of ketones is 2. The zero-order chi connectivity index (χ0) is 24.2. The van der Waals surface area contributed by atoms with Crippen molar-refractivity contribution in [1.82, 2.24) is 5.32 Å². The van der Waals surface area contributed by atoms with Crippen LogP contribution >= 0.6 is 0 Å². The van der Waals surface area contributed by atoms with Gasteiger partial charge in [0.05, 0.1) is 11.5 Å². The quantitative estimate of drug-likeness (QED) is 0.374. The van der Waals surface area contributed by atoms with Crippen molar-refractivity contribution < 1.29 is 27.6 Å². The first-order valence-electron chi connectivity index (χ1n) is 11.9. The molecule has 182 valence electrons. The molecule has 0 bridgehead atoms. The number of aldehydes is 1. The lowest BCUT2D eigenvalue weighted by atomic mass is 9.55. The highest BCUT2D eigenvalue weighted by atomic mass is 19.4. The average molecular weight is 466 g/mol. The fraction of sp³-hybridized carbons (Fsp3) is 0.654. The van der Waals surface area contributed by atoms with E-state index in [-0.39, 0.29) is 23.7 Å². The second-order valence-electron chi connectivity index (χ2n) is 10.3. The molecule has 1 aliphatic heterocycles. The van der Waals surface area contributed by atoms with E-state index in [4.69, 9.17) is 0 Å². The minimum atomic E-state index is -4.51. The standard InChI is InChI=1S/C26H34F3NO3/c1-25(2,24(23(33)16-31)18-7-4-9-20(14-18)26(27,28)29)21-12-17(13-21)6-3-10-22(32)19-8-5-11-30-15-19/h4,7,9,14,16-17,19,21,24,30H,3,5-6,8,10-13,15H2,1-2H3. The predicted octanol–water partition coefficient (Wildman–Crippen LogP) is 5.35. The van der Waals surface area contributed by atoms with Crippen LogP contribution in [0.2, 0.25) is 0 Å². The van der Waals surface area contributed by atoms with Gasteiger partial charge in [-0.3, -0.25) is 14.4 Å². The first-order valence-corrected chi connectivity index (χ1v) is 11.9. The Balaban J connectivity index is 1.59. The third-order valence-corrected chi connectivity index (χ3v) is 7.77. The number of piperidine rings is 1. The van der Waals surface area contributed by atoms with Gasteiger partial charge in [0.1, 0.15) is 5.78 Å². The zero-order valence-corrected chi connectivity index (χ0v) is 19.4. The fourth-order valence-corrected chi connectivity index (χ4v) is 5.63. The van der Waals surface area contributed by atoms with E-state index in [2.05, 4.69) is 5.32 Å². The van der Waals surface area contributed by atoms with Crippen molar-refractivity contribution in [3.8, 4) is 0 Å². The number of Topliss-reactive ketones (excluding diaryl/α,β-unsaturated/α-hetero) is 2. The number of carbonyl (C=O) groups excluding carboxylic acids is 3. The highest BCUT2D eigenvalue weighted by Gasteiger charge is 2.47. The maximum atomic E-state index is 13.2. The molecule has 1 saturated carbocycles. The van der Waals surface area contributed by atoms with Gasteiger partial charge in [0.15, 0.2) is 6.29 Å². The zero-order valence-electron chi connectivity index (χ0n) is 19.4. The second-order valence-corrected chi connectivity index (χ2v) is 10.3. The first kappa shape index (κ1) is 25.6. The van der Waals surface area contributed by atoms with Gasteiger partial charge in [-0.15, -0.1) is 0 Å². The van der Waals surface area contributed by atoms with Crippen LogP contribution < -0.4 is 5.32 Å². The number of carbonyl (C=O) groups is 3. The molecule has 1 saturated heterocycles. The summed E-state index contributed by atoms with van der Waals surface area (Å²) in [6.07, 6.45) is 1.81. The van der Waals surface area contributed by atoms with Crippen molar-refractivity contribution in [1.29, 1.82) is 0 Å². The molecule has 4 nitrogen and oxygen atoms in total. The van der Waals surface area contributed by atoms with Crippen molar-refractivity contribution in [2.24, 2.45) is 23.2 Å². The van der Waals surface area contributed by atoms with Gasteiger partial charge in [-0.25, -0.2) is 0 Å². The second kappa shape index (κ2) is 10.5. The van der Waals surface area contributed by atoms with Gasteiger partial charge in [-0.05, 0) is 67.5 Å². The van der Waals surface area contributed by atoms with Crippen LogP contribution in [0.5, 0.6) is 0 Å². The molecule has 1 aromatic rings. The number of halogens is 3.